The number of nitrogens with zero attached hydrogens (tertiary/aromatic N) is 2. The summed E-state index contributed by atoms with van der Waals surface area (Å²) in [6.07, 6.45) is 0. The van der Waals surface area contributed by atoms with E-state index in [9.17, 15) is 18.0 Å². The Bertz CT molecular complexity index is 1270. The third kappa shape index (κ3) is 4.16. The molecule has 152 valence electrons. The third-order valence-electron chi connectivity index (χ3n) is 4.21. The number of sulfonamides is 1. The zero-order chi connectivity index (χ0) is 21.3. The minimum atomic E-state index is -4.11. The van der Waals surface area contributed by atoms with Gasteiger partial charge in [0.1, 0.15) is 4.90 Å². The van der Waals surface area contributed by atoms with Crippen LogP contribution in [0.4, 0.5) is 0 Å². The van der Waals surface area contributed by atoms with Crippen molar-refractivity contribution in [2.24, 2.45) is 0 Å². The van der Waals surface area contributed by atoms with Crippen molar-refractivity contribution in [3.05, 3.63) is 69.1 Å². The second kappa shape index (κ2) is 7.94. The molecule has 0 aliphatic carbocycles. The van der Waals surface area contributed by atoms with Crippen LogP contribution in [0.5, 0.6) is 0 Å². The van der Waals surface area contributed by atoms with Gasteiger partial charge in [0.25, 0.3) is 21.5 Å². The normalized spacial score (nSPS) is 11.8. The van der Waals surface area contributed by atoms with Gasteiger partial charge in [0.2, 0.25) is 0 Å². The molecule has 2 aromatic carbocycles. The summed E-state index contributed by atoms with van der Waals surface area (Å²) in [6, 6.07) is 10.7. The first-order valence-electron chi connectivity index (χ1n) is 8.71. The molecule has 1 amide bonds. The predicted molar refractivity (Wildman–Crippen MR) is 110 cm³/mol. The van der Waals surface area contributed by atoms with Crippen LogP contribution in [-0.4, -0.2) is 24.1 Å². The molecule has 0 spiro atoms. The number of benzene rings is 2. The minimum Gasteiger partial charge on any atom is -0.272 e. The third-order valence-corrected chi connectivity index (χ3v) is 5.94. The number of aromatic nitrogens is 2. The molecule has 1 heterocycles. The van der Waals surface area contributed by atoms with Crippen LogP contribution in [0.3, 0.4) is 0 Å². The van der Waals surface area contributed by atoms with E-state index in [2.05, 4.69) is 10.5 Å². The standard InChI is InChI=1S/C19H19ClN4O4S/c1-11(2)24-19(26)14-7-5-4-6-13(14)17(22-24)18(25)21-23-29(27,28)16-9-8-12(3)10-15(16)20/h4-11,23H,1-3H3,(H,21,25). The second-order valence-electron chi connectivity index (χ2n) is 6.73. The summed E-state index contributed by atoms with van der Waals surface area (Å²) in [5.41, 5.74) is 2.53. The molecular weight excluding hydrogens is 416 g/mol. The largest absolute Gasteiger partial charge is 0.287 e. The molecule has 0 saturated carbocycles. The number of rotatable bonds is 5. The number of hydrazine groups is 1. The zero-order valence-electron chi connectivity index (χ0n) is 15.9. The first-order chi connectivity index (χ1) is 13.6. The van der Waals surface area contributed by atoms with Crippen molar-refractivity contribution in [2.45, 2.75) is 31.7 Å². The summed E-state index contributed by atoms with van der Waals surface area (Å²) in [4.78, 5) is 27.1. The van der Waals surface area contributed by atoms with Crippen LogP contribution >= 0.6 is 11.6 Å². The molecule has 0 saturated heterocycles. The molecular formula is C19H19ClN4O4S. The van der Waals surface area contributed by atoms with Crippen molar-refractivity contribution >= 4 is 38.3 Å². The summed E-state index contributed by atoms with van der Waals surface area (Å²) in [7, 11) is -4.11. The van der Waals surface area contributed by atoms with Gasteiger partial charge < -0.3 is 0 Å². The Balaban J connectivity index is 1.96. The number of hydrogen-bond donors (Lipinski definition) is 2. The fourth-order valence-electron chi connectivity index (χ4n) is 2.78. The number of carbonyl (C=O) groups is 1. The Kier molecular flexibility index (Phi) is 5.74. The molecule has 10 heteroatoms. The first-order valence-corrected chi connectivity index (χ1v) is 10.6. The van der Waals surface area contributed by atoms with Crippen molar-refractivity contribution < 1.29 is 13.2 Å². The van der Waals surface area contributed by atoms with Gasteiger partial charge in [0.15, 0.2) is 5.69 Å². The first kappa shape index (κ1) is 21.0. The number of fused-ring (bicyclic) bond motifs is 1. The Hall–Kier alpha value is -2.75. The summed E-state index contributed by atoms with van der Waals surface area (Å²) >= 11 is 6.02. The minimum absolute atomic E-state index is 0.0312. The van der Waals surface area contributed by atoms with E-state index in [1.165, 1.54) is 16.8 Å². The lowest BCUT2D eigenvalue weighted by Crippen LogP contribution is -2.42. The highest BCUT2D eigenvalue weighted by Gasteiger charge is 2.22. The van der Waals surface area contributed by atoms with Crippen molar-refractivity contribution in [2.75, 3.05) is 0 Å². The van der Waals surface area contributed by atoms with E-state index >= 15 is 0 Å². The van der Waals surface area contributed by atoms with Crippen molar-refractivity contribution in [3.63, 3.8) is 0 Å². The monoisotopic (exact) mass is 434 g/mol. The molecule has 1 aromatic heterocycles. The Labute approximate surface area is 172 Å². The quantitative estimate of drug-likeness (QED) is 0.599. The smallest absolute Gasteiger partial charge is 0.272 e. The van der Waals surface area contributed by atoms with Gasteiger partial charge in [0.05, 0.1) is 16.5 Å². The van der Waals surface area contributed by atoms with Gasteiger partial charge >= 0.3 is 0 Å². The molecule has 2 N–H and O–H groups in total. The molecule has 3 rings (SSSR count). The topological polar surface area (TPSA) is 110 Å². The van der Waals surface area contributed by atoms with Crippen LogP contribution in [0.1, 0.15) is 35.9 Å². The van der Waals surface area contributed by atoms with E-state index in [0.29, 0.717) is 10.8 Å². The predicted octanol–water partition coefficient (Wildman–Crippen LogP) is 2.56. The molecule has 0 unspecified atom stereocenters. The van der Waals surface area contributed by atoms with Gasteiger partial charge in [-0.15, -0.1) is 4.83 Å². The van der Waals surface area contributed by atoms with E-state index in [0.717, 1.165) is 5.56 Å². The van der Waals surface area contributed by atoms with Gasteiger partial charge in [-0.05, 0) is 44.5 Å². The van der Waals surface area contributed by atoms with Crippen molar-refractivity contribution in [1.82, 2.24) is 20.0 Å². The maximum atomic E-state index is 12.7. The summed E-state index contributed by atoms with van der Waals surface area (Å²) in [6.45, 7) is 5.29. The number of nitrogens with one attached hydrogen (secondary N) is 2. The molecule has 0 aliphatic heterocycles. The molecule has 3 aromatic rings. The van der Waals surface area contributed by atoms with Crippen LogP contribution in [0, 0.1) is 6.92 Å². The van der Waals surface area contributed by atoms with Gasteiger partial charge in [0, 0.05) is 5.39 Å². The van der Waals surface area contributed by atoms with E-state index in [1.54, 1.807) is 51.1 Å². The number of hydrogen-bond acceptors (Lipinski definition) is 5. The van der Waals surface area contributed by atoms with Crippen LogP contribution in [0.2, 0.25) is 5.02 Å². The average molecular weight is 435 g/mol. The summed E-state index contributed by atoms with van der Waals surface area (Å²) in [5.74, 6) is -0.803. The lowest BCUT2D eigenvalue weighted by molar-refractivity contribution is 0.0939. The molecule has 29 heavy (non-hydrogen) atoms. The molecule has 0 aliphatic rings. The molecule has 0 atom stereocenters. The van der Waals surface area contributed by atoms with Gasteiger partial charge in [-0.1, -0.05) is 35.9 Å². The summed E-state index contributed by atoms with van der Waals surface area (Å²) in [5, 5.41) is 4.79. The number of amides is 1. The lowest BCUT2D eigenvalue weighted by atomic mass is 10.1. The molecule has 0 fully saturated rings. The van der Waals surface area contributed by atoms with E-state index in [-0.39, 0.29) is 27.2 Å². The Morgan fingerprint density at radius 3 is 2.41 bits per heavy atom. The Morgan fingerprint density at radius 2 is 1.79 bits per heavy atom. The highest BCUT2D eigenvalue weighted by atomic mass is 35.5. The summed E-state index contributed by atoms with van der Waals surface area (Å²) < 4.78 is 26.2. The number of halogens is 1. The van der Waals surface area contributed by atoms with Crippen LogP contribution in [0.25, 0.3) is 10.8 Å². The highest BCUT2D eigenvalue weighted by molar-refractivity contribution is 7.89. The lowest BCUT2D eigenvalue weighted by Gasteiger charge is -2.14. The van der Waals surface area contributed by atoms with Gasteiger partial charge in [-0.2, -0.15) is 5.10 Å². The van der Waals surface area contributed by atoms with Crippen molar-refractivity contribution in [3.8, 4) is 0 Å². The number of aryl methyl sites for hydroxylation is 1. The second-order valence-corrected chi connectivity index (χ2v) is 8.79. The van der Waals surface area contributed by atoms with E-state index in [1.807, 2.05) is 4.83 Å². The van der Waals surface area contributed by atoms with E-state index in [4.69, 9.17) is 11.6 Å². The number of carbonyl (C=O) groups excluding carboxylic acids is 1. The molecule has 0 radical (unpaired) electrons. The van der Waals surface area contributed by atoms with E-state index < -0.39 is 15.9 Å². The van der Waals surface area contributed by atoms with Crippen LogP contribution < -0.4 is 15.8 Å². The molecule has 0 bridgehead atoms. The van der Waals surface area contributed by atoms with Crippen LogP contribution in [0.15, 0.2) is 52.2 Å². The fourth-order valence-corrected chi connectivity index (χ4v) is 4.22. The maximum Gasteiger partial charge on any atom is 0.287 e. The van der Waals surface area contributed by atoms with Gasteiger partial charge in [-0.3, -0.25) is 15.0 Å². The van der Waals surface area contributed by atoms with Gasteiger partial charge in [-0.25, -0.2) is 13.1 Å². The fraction of sp³-hybridized carbons (Fsp3) is 0.211. The zero-order valence-corrected chi connectivity index (χ0v) is 17.5. The highest BCUT2D eigenvalue weighted by Crippen LogP contribution is 2.22. The van der Waals surface area contributed by atoms with Crippen molar-refractivity contribution in [1.29, 1.82) is 0 Å². The van der Waals surface area contributed by atoms with Crippen LogP contribution in [-0.2, 0) is 10.0 Å². The maximum absolute atomic E-state index is 12.7. The SMILES string of the molecule is Cc1ccc(S(=O)(=O)NNC(=O)c2nn(C(C)C)c(=O)c3ccccc23)c(Cl)c1. The average Bonchev–Trinajstić information content (AvgIpc) is 2.66. The Morgan fingerprint density at radius 1 is 1.14 bits per heavy atom. The molecule has 8 nitrogen and oxygen atoms in total.